The van der Waals surface area contributed by atoms with Gasteiger partial charge in [0, 0.05) is 31.8 Å². The van der Waals surface area contributed by atoms with Gasteiger partial charge in [0.05, 0.1) is 0 Å². The zero-order valence-electron chi connectivity index (χ0n) is 9.36. The predicted molar refractivity (Wildman–Crippen MR) is 63.4 cm³/mol. The molecule has 3 nitrogen and oxygen atoms in total. The summed E-state index contributed by atoms with van der Waals surface area (Å²) in [6.45, 7) is 0.571. The molecular weight excluding hydrogens is 188 g/mol. The van der Waals surface area contributed by atoms with Crippen molar-refractivity contribution in [3.05, 3.63) is 29.8 Å². The molecular formula is C12H18N2O. The van der Waals surface area contributed by atoms with E-state index in [-0.39, 0.29) is 5.78 Å². The molecule has 3 heteroatoms. The number of nitrogens with two attached hydrogens (primary N) is 1. The number of rotatable bonds is 5. The Morgan fingerprint density at radius 1 is 1.27 bits per heavy atom. The normalized spacial score (nSPS) is 10.1. The standard InChI is InChI=1S/C12H18N2O/c1-14(2)11-7-5-10(6-8-11)12(15)4-3-9-13/h5-8H,3-4,9,13H2,1-2H3. The van der Waals surface area contributed by atoms with Crippen LogP contribution in [0.3, 0.4) is 0 Å². The van der Waals surface area contributed by atoms with Crippen LogP contribution < -0.4 is 10.6 Å². The van der Waals surface area contributed by atoms with E-state index in [9.17, 15) is 4.79 Å². The van der Waals surface area contributed by atoms with Gasteiger partial charge < -0.3 is 10.6 Å². The van der Waals surface area contributed by atoms with Crippen LogP contribution in [0.25, 0.3) is 0 Å². The Bertz CT molecular complexity index is 317. The number of benzene rings is 1. The Morgan fingerprint density at radius 3 is 2.33 bits per heavy atom. The number of hydrogen-bond acceptors (Lipinski definition) is 3. The van der Waals surface area contributed by atoms with Gasteiger partial charge in [0.2, 0.25) is 0 Å². The monoisotopic (exact) mass is 206 g/mol. The molecule has 82 valence electrons. The van der Waals surface area contributed by atoms with E-state index in [0.29, 0.717) is 13.0 Å². The van der Waals surface area contributed by atoms with Gasteiger partial charge in [0.15, 0.2) is 5.78 Å². The summed E-state index contributed by atoms with van der Waals surface area (Å²) in [5.41, 5.74) is 7.23. The van der Waals surface area contributed by atoms with Crippen molar-refractivity contribution in [1.82, 2.24) is 0 Å². The summed E-state index contributed by atoms with van der Waals surface area (Å²) < 4.78 is 0. The quantitative estimate of drug-likeness (QED) is 0.745. The van der Waals surface area contributed by atoms with Crippen molar-refractivity contribution in [1.29, 1.82) is 0 Å². The summed E-state index contributed by atoms with van der Waals surface area (Å²) in [4.78, 5) is 13.6. The van der Waals surface area contributed by atoms with Crippen molar-refractivity contribution < 1.29 is 4.79 Å². The smallest absolute Gasteiger partial charge is 0.162 e. The van der Waals surface area contributed by atoms with E-state index in [1.807, 2.05) is 43.3 Å². The summed E-state index contributed by atoms with van der Waals surface area (Å²) in [5, 5.41) is 0. The lowest BCUT2D eigenvalue weighted by Crippen LogP contribution is -2.09. The van der Waals surface area contributed by atoms with Gasteiger partial charge >= 0.3 is 0 Å². The highest BCUT2D eigenvalue weighted by Gasteiger charge is 2.04. The first-order chi connectivity index (χ1) is 7.15. The minimum atomic E-state index is 0.172. The van der Waals surface area contributed by atoms with Crippen LogP contribution in [-0.2, 0) is 0 Å². The number of carbonyl (C=O) groups excluding carboxylic acids is 1. The Kier molecular flexibility index (Phi) is 4.31. The van der Waals surface area contributed by atoms with E-state index in [4.69, 9.17) is 5.73 Å². The van der Waals surface area contributed by atoms with E-state index in [0.717, 1.165) is 17.7 Å². The number of hydrogen-bond donors (Lipinski definition) is 1. The first kappa shape index (κ1) is 11.7. The largest absolute Gasteiger partial charge is 0.378 e. The van der Waals surface area contributed by atoms with Gasteiger partial charge in [-0.1, -0.05) is 0 Å². The molecule has 0 aliphatic carbocycles. The van der Waals surface area contributed by atoms with Gasteiger partial charge in [-0.15, -0.1) is 0 Å². The topological polar surface area (TPSA) is 46.3 Å². The molecule has 0 amide bonds. The fourth-order valence-corrected chi connectivity index (χ4v) is 1.35. The lowest BCUT2D eigenvalue weighted by atomic mass is 10.1. The average molecular weight is 206 g/mol. The Labute approximate surface area is 90.9 Å². The third-order valence-electron chi connectivity index (χ3n) is 2.31. The first-order valence-electron chi connectivity index (χ1n) is 5.16. The molecule has 0 saturated heterocycles. The molecule has 0 saturated carbocycles. The molecule has 0 atom stereocenters. The second-order valence-corrected chi connectivity index (χ2v) is 3.76. The summed E-state index contributed by atoms with van der Waals surface area (Å²) in [5.74, 6) is 0.172. The van der Waals surface area contributed by atoms with Gasteiger partial charge in [0.25, 0.3) is 0 Å². The fourth-order valence-electron chi connectivity index (χ4n) is 1.35. The summed E-state index contributed by atoms with van der Waals surface area (Å²) in [7, 11) is 3.95. The number of Topliss-reactive ketones (excluding diaryl/α,β-unsaturated/α-hetero) is 1. The molecule has 2 N–H and O–H groups in total. The van der Waals surface area contributed by atoms with E-state index in [1.54, 1.807) is 0 Å². The number of ketones is 1. The van der Waals surface area contributed by atoms with Crippen LogP contribution in [0.15, 0.2) is 24.3 Å². The van der Waals surface area contributed by atoms with Crippen LogP contribution >= 0.6 is 0 Å². The Balaban J connectivity index is 2.67. The lowest BCUT2D eigenvalue weighted by Gasteiger charge is -2.12. The Morgan fingerprint density at radius 2 is 1.87 bits per heavy atom. The molecule has 0 aliphatic rings. The van der Waals surface area contributed by atoms with E-state index < -0.39 is 0 Å². The lowest BCUT2D eigenvalue weighted by molar-refractivity contribution is 0.0981. The van der Waals surface area contributed by atoms with Crippen molar-refractivity contribution in [2.24, 2.45) is 5.73 Å². The van der Waals surface area contributed by atoms with Crippen molar-refractivity contribution in [3.8, 4) is 0 Å². The minimum absolute atomic E-state index is 0.172. The maximum atomic E-state index is 11.6. The number of carbonyl (C=O) groups is 1. The van der Waals surface area contributed by atoms with Crippen LogP contribution in [0, 0.1) is 0 Å². The fraction of sp³-hybridized carbons (Fsp3) is 0.417. The van der Waals surface area contributed by atoms with E-state index in [2.05, 4.69) is 0 Å². The third-order valence-corrected chi connectivity index (χ3v) is 2.31. The molecule has 1 rings (SSSR count). The summed E-state index contributed by atoms with van der Waals surface area (Å²) in [6, 6.07) is 7.65. The maximum Gasteiger partial charge on any atom is 0.162 e. The molecule has 1 aromatic rings. The molecule has 0 spiro atoms. The molecule has 0 aliphatic heterocycles. The highest BCUT2D eigenvalue weighted by Crippen LogP contribution is 2.13. The predicted octanol–water partition coefficient (Wildman–Crippen LogP) is 1.67. The molecule has 0 radical (unpaired) electrons. The second kappa shape index (κ2) is 5.51. The van der Waals surface area contributed by atoms with Crippen LogP contribution in [-0.4, -0.2) is 26.4 Å². The van der Waals surface area contributed by atoms with Gasteiger partial charge in [-0.3, -0.25) is 4.79 Å². The molecule has 0 heterocycles. The van der Waals surface area contributed by atoms with Crippen LogP contribution in [0.2, 0.25) is 0 Å². The van der Waals surface area contributed by atoms with Gasteiger partial charge in [0.1, 0.15) is 0 Å². The highest BCUT2D eigenvalue weighted by atomic mass is 16.1. The van der Waals surface area contributed by atoms with E-state index in [1.165, 1.54) is 0 Å². The van der Waals surface area contributed by atoms with E-state index >= 15 is 0 Å². The zero-order chi connectivity index (χ0) is 11.3. The van der Waals surface area contributed by atoms with Crippen molar-refractivity contribution in [3.63, 3.8) is 0 Å². The van der Waals surface area contributed by atoms with Crippen LogP contribution in [0.5, 0.6) is 0 Å². The minimum Gasteiger partial charge on any atom is -0.378 e. The first-order valence-corrected chi connectivity index (χ1v) is 5.16. The van der Waals surface area contributed by atoms with Gasteiger partial charge in [-0.05, 0) is 37.2 Å². The highest BCUT2D eigenvalue weighted by molar-refractivity contribution is 5.96. The number of anilines is 1. The molecule has 0 unspecified atom stereocenters. The molecule has 0 fully saturated rings. The summed E-state index contributed by atoms with van der Waals surface area (Å²) >= 11 is 0. The van der Waals surface area contributed by atoms with Crippen LogP contribution in [0.1, 0.15) is 23.2 Å². The third kappa shape index (κ3) is 3.36. The van der Waals surface area contributed by atoms with Crippen molar-refractivity contribution in [2.45, 2.75) is 12.8 Å². The molecule has 0 bridgehead atoms. The zero-order valence-corrected chi connectivity index (χ0v) is 9.36. The van der Waals surface area contributed by atoms with Gasteiger partial charge in [-0.2, -0.15) is 0 Å². The summed E-state index contributed by atoms with van der Waals surface area (Å²) in [6.07, 6.45) is 1.30. The average Bonchev–Trinajstić information content (AvgIpc) is 2.26. The van der Waals surface area contributed by atoms with Crippen molar-refractivity contribution >= 4 is 11.5 Å². The second-order valence-electron chi connectivity index (χ2n) is 3.76. The molecule has 1 aromatic carbocycles. The van der Waals surface area contributed by atoms with Crippen LogP contribution in [0.4, 0.5) is 5.69 Å². The SMILES string of the molecule is CN(C)c1ccc(C(=O)CCCN)cc1. The molecule has 0 aromatic heterocycles. The van der Waals surface area contributed by atoms with Crippen molar-refractivity contribution in [2.75, 3.05) is 25.5 Å². The van der Waals surface area contributed by atoms with Gasteiger partial charge in [-0.25, -0.2) is 0 Å². The molecule has 15 heavy (non-hydrogen) atoms. The maximum absolute atomic E-state index is 11.6. The Hall–Kier alpha value is -1.35. The number of nitrogens with zero attached hydrogens (tertiary/aromatic N) is 1.